The second-order valence-electron chi connectivity index (χ2n) is 6.99. The third-order valence-corrected chi connectivity index (χ3v) is 7.21. The van der Waals surface area contributed by atoms with E-state index in [-0.39, 0.29) is 12.5 Å². The van der Waals surface area contributed by atoms with Crippen molar-refractivity contribution in [3.8, 4) is 0 Å². The van der Waals surface area contributed by atoms with E-state index in [4.69, 9.17) is 0 Å². The van der Waals surface area contributed by atoms with Crippen LogP contribution in [0.2, 0.25) is 0 Å². The monoisotopic (exact) mass is 479 g/mol. The Labute approximate surface area is 179 Å². The maximum absolute atomic E-state index is 12.7. The lowest BCUT2D eigenvalue weighted by Crippen LogP contribution is -3.15. The van der Waals surface area contributed by atoms with Crippen molar-refractivity contribution in [2.24, 2.45) is 5.10 Å². The number of nitrogens with one attached hydrogen (secondary N) is 2. The zero-order chi connectivity index (χ0) is 20.9. The Morgan fingerprint density at radius 3 is 2.38 bits per heavy atom. The van der Waals surface area contributed by atoms with E-state index in [0.717, 1.165) is 20.5 Å². The van der Waals surface area contributed by atoms with Gasteiger partial charge in [-0.25, -0.2) is 13.8 Å². The van der Waals surface area contributed by atoms with Gasteiger partial charge in [0.25, 0.3) is 5.91 Å². The maximum atomic E-state index is 12.7. The molecule has 0 unspecified atom stereocenters. The molecule has 1 heterocycles. The number of aryl methyl sites for hydroxylation is 1. The van der Waals surface area contributed by atoms with Crippen molar-refractivity contribution >= 4 is 38.1 Å². The maximum Gasteiger partial charge on any atom is 0.295 e. The molecule has 3 rings (SSSR count). The van der Waals surface area contributed by atoms with Gasteiger partial charge in [0.05, 0.1) is 37.3 Å². The highest BCUT2D eigenvalue weighted by molar-refractivity contribution is 9.10. The molecule has 0 radical (unpaired) electrons. The summed E-state index contributed by atoms with van der Waals surface area (Å²) >= 11 is 3.37. The zero-order valence-corrected chi connectivity index (χ0v) is 18.5. The summed E-state index contributed by atoms with van der Waals surface area (Å²) < 4.78 is 27.9. The average Bonchev–Trinajstić information content (AvgIpc) is 2.70. The minimum Gasteiger partial charge on any atom is -0.325 e. The van der Waals surface area contributed by atoms with Gasteiger partial charge in [0.15, 0.2) is 6.54 Å². The number of hydrogen-bond donors (Lipinski definition) is 2. The molecule has 2 aromatic rings. The fourth-order valence-corrected chi connectivity index (χ4v) is 4.78. The van der Waals surface area contributed by atoms with Gasteiger partial charge in [-0.2, -0.15) is 9.41 Å². The van der Waals surface area contributed by atoms with Gasteiger partial charge in [0.2, 0.25) is 10.0 Å². The van der Waals surface area contributed by atoms with Crippen molar-refractivity contribution in [3.05, 3.63) is 64.1 Å². The summed E-state index contributed by atoms with van der Waals surface area (Å²) in [6, 6.07) is 14.5. The van der Waals surface area contributed by atoms with Crippen LogP contribution in [-0.2, 0) is 14.8 Å². The molecule has 1 aliphatic heterocycles. The zero-order valence-electron chi connectivity index (χ0n) is 16.1. The number of piperazine rings is 1. The molecule has 0 aliphatic carbocycles. The van der Waals surface area contributed by atoms with E-state index in [1.807, 2.05) is 31.2 Å². The fraction of sp³-hybridized carbons (Fsp3) is 0.300. The van der Waals surface area contributed by atoms with E-state index in [1.54, 1.807) is 30.5 Å². The molecular weight excluding hydrogens is 456 g/mol. The molecule has 9 heteroatoms. The van der Waals surface area contributed by atoms with Crippen LogP contribution in [0, 0.1) is 6.92 Å². The summed E-state index contributed by atoms with van der Waals surface area (Å²) in [5, 5.41) is 3.98. The molecule has 7 nitrogen and oxygen atoms in total. The van der Waals surface area contributed by atoms with Crippen molar-refractivity contribution in [2.45, 2.75) is 11.8 Å². The Hall–Kier alpha value is -2.07. The topological polar surface area (TPSA) is 83.3 Å². The summed E-state index contributed by atoms with van der Waals surface area (Å²) in [5.41, 5.74) is 4.44. The van der Waals surface area contributed by atoms with Crippen LogP contribution in [0.3, 0.4) is 0 Å². The number of carbonyl (C=O) groups is 1. The predicted octanol–water partition coefficient (Wildman–Crippen LogP) is 0.797. The number of nitrogens with zero attached hydrogens (tertiary/aromatic N) is 2. The van der Waals surface area contributed by atoms with Crippen molar-refractivity contribution in [1.29, 1.82) is 0 Å². The molecule has 0 spiro atoms. The number of carbonyl (C=O) groups excluding carboxylic acids is 1. The molecule has 0 aromatic heterocycles. The number of quaternary nitrogens is 1. The second kappa shape index (κ2) is 9.62. The lowest BCUT2D eigenvalue weighted by molar-refractivity contribution is -0.895. The van der Waals surface area contributed by atoms with Gasteiger partial charge in [0, 0.05) is 4.47 Å². The molecular formula is C20H24BrN4O3S+. The van der Waals surface area contributed by atoms with Gasteiger partial charge in [-0.15, -0.1) is 0 Å². The van der Waals surface area contributed by atoms with Crippen LogP contribution in [0.15, 0.2) is 63.0 Å². The summed E-state index contributed by atoms with van der Waals surface area (Å²) in [4.78, 5) is 13.5. The van der Waals surface area contributed by atoms with E-state index in [1.165, 1.54) is 4.31 Å². The Bertz CT molecular complexity index is 968. The highest BCUT2D eigenvalue weighted by Gasteiger charge is 2.31. The smallest absolute Gasteiger partial charge is 0.295 e. The normalized spacial score (nSPS) is 16.2. The van der Waals surface area contributed by atoms with Crippen LogP contribution in [-0.4, -0.2) is 57.6 Å². The lowest BCUT2D eigenvalue weighted by Gasteiger charge is -2.31. The first-order valence-corrected chi connectivity index (χ1v) is 11.6. The summed E-state index contributed by atoms with van der Waals surface area (Å²) in [5.74, 6) is -0.191. The largest absolute Gasteiger partial charge is 0.325 e. The van der Waals surface area contributed by atoms with Crippen LogP contribution in [0.5, 0.6) is 0 Å². The predicted molar refractivity (Wildman–Crippen MR) is 115 cm³/mol. The highest BCUT2D eigenvalue weighted by Crippen LogP contribution is 2.16. The van der Waals surface area contributed by atoms with E-state index in [2.05, 4.69) is 26.5 Å². The molecule has 1 aliphatic rings. The Morgan fingerprint density at radius 1 is 1.14 bits per heavy atom. The molecule has 0 bridgehead atoms. The summed E-state index contributed by atoms with van der Waals surface area (Å²) in [6.45, 7) is 4.12. The number of halogens is 1. The third-order valence-electron chi connectivity index (χ3n) is 4.77. The third kappa shape index (κ3) is 5.96. The Morgan fingerprint density at radius 2 is 1.76 bits per heavy atom. The van der Waals surface area contributed by atoms with Crippen molar-refractivity contribution in [2.75, 3.05) is 32.7 Å². The molecule has 29 heavy (non-hydrogen) atoms. The van der Waals surface area contributed by atoms with Crippen molar-refractivity contribution in [1.82, 2.24) is 9.73 Å². The SMILES string of the molecule is Cc1ccc(S(=O)(=O)N2CC[NH+](CC(=O)NN=Cc3ccc(Br)cc3)CC2)cc1. The van der Waals surface area contributed by atoms with Gasteiger partial charge >= 0.3 is 0 Å². The number of sulfonamides is 1. The lowest BCUT2D eigenvalue weighted by atomic mass is 10.2. The molecule has 1 amide bonds. The van der Waals surface area contributed by atoms with Crippen LogP contribution < -0.4 is 10.3 Å². The van der Waals surface area contributed by atoms with Gasteiger partial charge in [-0.1, -0.05) is 45.8 Å². The molecule has 2 aromatic carbocycles. The quantitative estimate of drug-likeness (QED) is 0.474. The van der Waals surface area contributed by atoms with E-state index < -0.39 is 10.0 Å². The summed E-state index contributed by atoms with van der Waals surface area (Å²) in [6.07, 6.45) is 1.59. The standard InChI is InChI=1S/C20H23BrN4O3S/c1-16-2-8-19(9-3-16)29(27,28)25-12-10-24(11-13-25)15-20(26)23-22-14-17-4-6-18(21)7-5-17/h2-9,14H,10-13,15H2,1H3,(H,23,26)/p+1. The number of rotatable bonds is 6. The molecule has 154 valence electrons. The van der Waals surface area contributed by atoms with Gasteiger partial charge < -0.3 is 4.90 Å². The van der Waals surface area contributed by atoms with Crippen molar-refractivity contribution < 1.29 is 18.1 Å². The Kier molecular flexibility index (Phi) is 7.18. The average molecular weight is 480 g/mol. The first kappa shape index (κ1) is 21.6. The number of amides is 1. The number of hydrazone groups is 1. The molecule has 2 N–H and O–H groups in total. The van der Waals surface area contributed by atoms with Gasteiger partial charge in [-0.3, -0.25) is 4.79 Å². The minimum absolute atomic E-state index is 0.191. The van der Waals surface area contributed by atoms with Gasteiger partial charge in [-0.05, 0) is 36.8 Å². The van der Waals surface area contributed by atoms with Crippen molar-refractivity contribution in [3.63, 3.8) is 0 Å². The second-order valence-corrected chi connectivity index (χ2v) is 9.84. The molecule has 0 atom stereocenters. The molecule has 0 saturated carbocycles. The summed E-state index contributed by atoms with van der Waals surface area (Å²) in [7, 11) is -3.49. The molecule has 1 saturated heterocycles. The van der Waals surface area contributed by atoms with Crippen LogP contribution in [0.4, 0.5) is 0 Å². The number of benzene rings is 2. The van der Waals surface area contributed by atoms with Crippen LogP contribution in [0.25, 0.3) is 0 Å². The highest BCUT2D eigenvalue weighted by atomic mass is 79.9. The van der Waals surface area contributed by atoms with E-state index in [9.17, 15) is 13.2 Å². The first-order chi connectivity index (χ1) is 13.8. The van der Waals surface area contributed by atoms with Crippen LogP contribution >= 0.6 is 15.9 Å². The Balaban J connectivity index is 1.47. The fourth-order valence-electron chi connectivity index (χ4n) is 3.07. The van der Waals surface area contributed by atoms with Gasteiger partial charge in [0.1, 0.15) is 0 Å². The number of hydrogen-bond acceptors (Lipinski definition) is 4. The van der Waals surface area contributed by atoms with E-state index in [0.29, 0.717) is 31.1 Å². The minimum atomic E-state index is -3.49. The van der Waals surface area contributed by atoms with Crippen LogP contribution in [0.1, 0.15) is 11.1 Å². The first-order valence-electron chi connectivity index (χ1n) is 9.32. The molecule has 1 fully saturated rings. The van der Waals surface area contributed by atoms with E-state index >= 15 is 0 Å².